The molecule has 21 heteroatoms. The second-order valence-corrected chi connectivity index (χ2v) is 31.6. The Morgan fingerprint density at radius 3 is 1.00 bits per heavy atom. The van der Waals surface area contributed by atoms with E-state index in [2.05, 4.69) is 67.7 Å². The zero-order chi connectivity index (χ0) is 51.4. The lowest BCUT2D eigenvalue weighted by Gasteiger charge is -2.36. The van der Waals surface area contributed by atoms with Crippen LogP contribution in [-0.2, 0) is 80.1 Å². The third-order valence-electron chi connectivity index (χ3n) is 15.0. The highest BCUT2D eigenvalue weighted by Gasteiger charge is 2.61. The number of imide groups is 2. The molecule has 0 radical (unpaired) electrons. The number of likely N-dealkylation sites (tertiary alicyclic amines) is 2. The molecule has 4 amide bonds. The van der Waals surface area contributed by atoms with Crippen LogP contribution >= 0.6 is 0 Å². The molecule has 0 aromatic heterocycles. The van der Waals surface area contributed by atoms with E-state index in [4.69, 9.17) is 61.0 Å². The van der Waals surface area contributed by atoms with Crippen LogP contribution in [0.5, 0.6) is 0 Å². The molecule has 0 aromatic carbocycles. The Kier molecular flexibility index (Phi) is 21.6. The molecule has 19 nitrogen and oxygen atoms in total. The van der Waals surface area contributed by atoms with E-state index in [1.165, 1.54) is 9.80 Å². The van der Waals surface area contributed by atoms with Gasteiger partial charge in [0.2, 0.25) is 23.6 Å². The lowest BCUT2D eigenvalue weighted by atomic mass is 9.85. The average Bonchev–Trinajstić information content (AvgIpc) is 4.18. The molecule has 0 spiro atoms. The van der Waals surface area contributed by atoms with Gasteiger partial charge in [0.25, 0.3) is 0 Å². The number of carbonyl (C=O) groups excluding carboxylic acids is 4. The number of hydrogen-bond donors (Lipinski definition) is 0. The normalized spacial score (nSPS) is 26.4. The van der Waals surface area contributed by atoms with E-state index >= 15 is 0 Å². The number of rotatable bonds is 36. The van der Waals surface area contributed by atoms with Crippen molar-refractivity contribution in [1.29, 1.82) is 0 Å². The maximum Gasteiger partial charge on any atom is 0.236 e. The third kappa shape index (κ3) is 15.4. The fourth-order valence-corrected chi connectivity index (χ4v) is 10.9. The van der Waals surface area contributed by atoms with Crippen LogP contribution in [0.2, 0.25) is 36.3 Å². The van der Waals surface area contributed by atoms with Crippen LogP contribution < -0.4 is 0 Å². The summed E-state index contributed by atoms with van der Waals surface area (Å²) >= 11 is 0. The molecule has 4 bridgehead atoms. The molecule has 8 atom stereocenters. The summed E-state index contributed by atoms with van der Waals surface area (Å²) in [4.78, 5) is 54.3. The van der Waals surface area contributed by atoms with Crippen LogP contribution in [0.25, 0.3) is 0 Å². The standard InChI is InChI=1S/C50H84N2O17Si2/c1-49(2,3)70(7,8)66-29-25-62-33-36(34-63-26-30-67-71(9,10)50(4,5)6)65-28-24-59-23-27-64-35(31-60-21-19-57-17-15-51-45(53)41-37-11-12-38(68-37)42(41)46(51)54)32-61-22-20-58-18-16-52-47(55)43-39-13-14-40(69-39)44(43)48(52)56/h11-14,35-44H,15-34H2,1-10H3. The summed E-state index contributed by atoms with van der Waals surface area (Å²) in [5.74, 6) is -2.54. The van der Waals surface area contributed by atoms with Gasteiger partial charge in [-0.25, -0.2) is 0 Å². The van der Waals surface area contributed by atoms with Crippen LogP contribution in [0.1, 0.15) is 41.5 Å². The number of hydrogen-bond acceptors (Lipinski definition) is 17. The van der Waals surface area contributed by atoms with Gasteiger partial charge in [-0.3, -0.25) is 29.0 Å². The molecule has 4 fully saturated rings. The van der Waals surface area contributed by atoms with Gasteiger partial charge in [-0.1, -0.05) is 65.8 Å². The minimum Gasteiger partial charge on any atom is -0.414 e. The van der Waals surface area contributed by atoms with Gasteiger partial charge >= 0.3 is 0 Å². The van der Waals surface area contributed by atoms with Crippen molar-refractivity contribution in [3.8, 4) is 0 Å². The number of fused-ring (bicyclic) bond motifs is 10. The largest absolute Gasteiger partial charge is 0.414 e. The maximum atomic E-state index is 12.9. The Balaban J connectivity index is 0.870. The van der Waals surface area contributed by atoms with Gasteiger partial charge in [0.05, 0.1) is 180 Å². The van der Waals surface area contributed by atoms with Crippen LogP contribution in [0.15, 0.2) is 24.3 Å². The Labute approximate surface area is 423 Å². The lowest BCUT2D eigenvalue weighted by molar-refractivity contribution is -0.144. The smallest absolute Gasteiger partial charge is 0.236 e. The van der Waals surface area contributed by atoms with Gasteiger partial charge in [-0.05, 0) is 36.3 Å². The molecule has 0 saturated carbocycles. The summed E-state index contributed by atoms with van der Waals surface area (Å²) in [6.45, 7) is 28.3. The lowest BCUT2D eigenvalue weighted by Crippen LogP contribution is -2.42. The second kappa shape index (κ2) is 26.4. The van der Waals surface area contributed by atoms with Crippen molar-refractivity contribution < 1.29 is 80.1 Å². The highest BCUT2D eigenvalue weighted by molar-refractivity contribution is 6.74. The fraction of sp³-hybridized carbons (Fsp3) is 0.840. The van der Waals surface area contributed by atoms with E-state index in [0.717, 1.165) is 0 Å². The highest BCUT2D eigenvalue weighted by atomic mass is 28.4. The molecule has 8 unspecified atom stereocenters. The quantitative estimate of drug-likeness (QED) is 0.0380. The predicted octanol–water partition coefficient (Wildman–Crippen LogP) is 3.79. The molecule has 4 saturated heterocycles. The van der Waals surface area contributed by atoms with Gasteiger partial charge in [0.15, 0.2) is 16.6 Å². The second-order valence-electron chi connectivity index (χ2n) is 22.0. The Bertz CT molecular complexity index is 1630. The van der Waals surface area contributed by atoms with E-state index in [1.807, 2.05) is 24.3 Å². The Morgan fingerprint density at radius 1 is 0.423 bits per heavy atom. The van der Waals surface area contributed by atoms with Crippen LogP contribution in [-0.4, -0.2) is 219 Å². The van der Waals surface area contributed by atoms with Crippen molar-refractivity contribution in [3.63, 3.8) is 0 Å². The van der Waals surface area contributed by atoms with Crippen LogP contribution in [0, 0.1) is 23.7 Å². The summed E-state index contributed by atoms with van der Waals surface area (Å²) in [6, 6.07) is 0. The summed E-state index contributed by atoms with van der Waals surface area (Å²) < 4.78 is 77.4. The van der Waals surface area contributed by atoms with E-state index in [1.54, 1.807) is 0 Å². The first-order valence-electron chi connectivity index (χ1n) is 25.6. The number of nitrogens with zero attached hydrogens (tertiary/aromatic N) is 2. The average molecular weight is 1040 g/mol. The highest BCUT2D eigenvalue weighted by Crippen LogP contribution is 2.46. The molecule has 6 aliphatic rings. The summed E-state index contributed by atoms with van der Waals surface area (Å²) in [5.41, 5.74) is 0. The minimum atomic E-state index is -1.88. The van der Waals surface area contributed by atoms with Crippen molar-refractivity contribution in [2.45, 2.75) is 114 Å². The van der Waals surface area contributed by atoms with Crippen LogP contribution in [0.3, 0.4) is 0 Å². The SMILES string of the molecule is CC(C)(C)[Si](C)(C)OCCOCC(COCCO[Si](C)(C)C(C)(C)C)OCCOCCOC(COCCOCCN1C(=O)C2C3C=CC(O3)C2C1=O)COCCOCCN1C(=O)C2C3C=CC(O3)C2C1=O. The fourth-order valence-electron chi connectivity index (χ4n) is 8.86. The molecule has 6 aliphatic heterocycles. The molecule has 6 heterocycles. The van der Waals surface area contributed by atoms with E-state index in [9.17, 15) is 19.2 Å². The predicted molar refractivity (Wildman–Crippen MR) is 265 cm³/mol. The third-order valence-corrected chi connectivity index (χ3v) is 24.1. The Hall–Kier alpha value is -2.33. The number of carbonyl (C=O) groups is 4. The van der Waals surface area contributed by atoms with Gasteiger partial charge in [0.1, 0.15) is 12.2 Å². The van der Waals surface area contributed by atoms with Crippen molar-refractivity contribution in [2.75, 3.05) is 132 Å². The summed E-state index contributed by atoms with van der Waals surface area (Å²) in [6.07, 6.45) is 5.44. The molecule has 6 rings (SSSR count). The summed E-state index contributed by atoms with van der Waals surface area (Å²) in [7, 11) is -3.76. The topological polar surface area (TPSA) is 195 Å². The van der Waals surface area contributed by atoms with Crippen LogP contribution in [0.4, 0.5) is 0 Å². The zero-order valence-electron chi connectivity index (χ0n) is 44.1. The van der Waals surface area contributed by atoms with E-state index < -0.39 is 46.4 Å². The molecule has 0 aromatic rings. The van der Waals surface area contributed by atoms with Gasteiger partial charge in [-0.15, -0.1) is 0 Å². The molecule has 0 aliphatic carbocycles. The van der Waals surface area contributed by atoms with Crippen molar-refractivity contribution in [1.82, 2.24) is 9.80 Å². The van der Waals surface area contributed by atoms with Crippen molar-refractivity contribution in [2.24, 2.45) is 23.7 Å². The molecular formula is C50H84N2O17Si2. The van der Waals surface area contributed by atoms with Crippen molar-refractivity contribution >= 4 is 40.3 Å². The van der Waals surface area contributed by atoms with E-state index in [0.29, 0.717) is 59.5 Å². The number of ether oxygens (including phenoxy) is 11. The minimum absolute atomic E-state index is 0.119. The van der Waals surface area contributed by atoms with Gasteiger partial charge < -0.3 is 61.0 Å². The molecule has 404 valence electrons. The summed E-state index contributed by atoms with van der Waals surface area (Å²) in [5, 5.41) is 0.237. The number of amides is 4. The van der Waals surface area contributed by atoms with Gasteiger partial charge in [-0.2, -0.15) is 0 Å². The molecular weight excluding hydrogens is 957 g/mol. The first-order chi connectivity index (χ1) is 33.7. The molecule has 71 heavy (non-hydrogen) atoms. The maximum absolute atomic E-state index is 12.9. The zero-order valence-corrected chi connectivity index (χ0v) is 46.1. The van der Waals surface area contributed by atoms with E-state index in [-0.39, 0.29) is 137 Å². The van der Waals surface area contributed by atoms with Crippen molar-refractivity contribution in [3.05, 3.63) is 24.3 Å². The Morgan fingerprint density at radius 2 is 0.690 bits per heavy atom. The van der Waals surface area contributed by atoms with Gasteiger partial charge in [0, 0.05) is 0 Å². The first kappa shape index (κ1) is 57.9. The first-order valence-corrected chi connectivity index (χ1v) is 31.5. The monoisotopic (exact) mass is 1040 g/mol. The molecule has 0 N–H and O–H groups in total.